The van der Waals surface area contributed by atoms with Crippen LogP contribution in [0.2, 0.25) is 0 Å². The van der Waals surface area contributed by atoms with Crippen molar-refractivity contribution in [1.82, 2.24) is 0 Å². The quantitative estimate of drug-likeness (QED) is 0.479. The van der Waals surface area contributed by atoms with E-state index in [1.165, 1.54) is 0 Å². The molecule has 0 amide bonds. The highest BCUT2D eigenvalue weighted by Crippen LogP contribution is 2.20. The van der Waals surface area contributed by atoms with Gasteiger partial charge in [-0.3, -0.25) is 9.59 Å². The van der Waals surface area contributed by atoms with Gasteiger partial charge in [-0.2, -0.15) is 0 Å². The molecule has 1 aromatic carbocycles. The predicted molar refractivity (Wildman–Crippen MR) is 78.4 cm³/mol. The summed E-state index contributed by atoms with van der Waals surface area (Å²) in [6, 6.07) is 6.61. The van der Waals surface area contributed by atoms with E-state index in [0.29, 0.717) is 11.1 Å². The molecule has 0 fully saturated rings. The van der Waals surface area contributed by atoms with Crippen molar-refractivity contribution in [2.45, 2.75) is 7.47 Å². The van der Waals surface area contributed by atoms with Gasteiger partial charge in [0.2, 0.25) is 0 Å². The van der Waals surface area contributed by atoms with Gasteiger partial charge in [0.05, 0.1) is 0 Å². The van der Waals surface area contributed by atoms with Gasteiger partial charge in [0.15, 0.2) is 11.6 Å². The standard InChI is InChI=1S/C10H6Br4O2/c11-9(12)7(15)5-2-1-3-6(4-5)8(16)10(13)14/h1-4,9-10H. The van der Waals surface area contributed by atoms with Gasteiger partial charge in [-0.15, -0.1) is 0 Å². The number of alkyl halides is 4. The molecule has 0 aliphatic carbocycles. The van der Waals surface area contributed by atoms with E-state index in [4.69, 9.17) is 0 Å². The maximum absolute atomic E-state index is 11.7. The van der Waals surface area contributed by atoms with E-state index >= 15 is 0 Å². The highest BCUT2D eigenvalue weighted by atomic mass is 79.9. The van der Waals surface area contributed by atoms with Gasteiger partial charge in [-0.1, -0.05) is 81.9 Å². The minimum Gasteiger partial charge on any atom is -0.292 e. The zero-order chi connectivity index (χ0) is 12.3. The van der Waals surface area contributed by atoms with Gasteiger partial charge >= 0.3 is 0 Å². The molecule has 0 heterocycles. The van der Waals surface area contributed by atoms with Crippen LogP contribution < -0.4 is 0 Å². The molecule has 0 radical (unpaired) electrons. The average Bonchev–Trinajstić information content (AvgIpc) is 2.26. The number of Topliss-reactive ketones (excluding diaryl/α,β-unsaturated/α-hetero) is 2. The van der Waals surface area contributed by atoms with Crippen molar-refractivity contribution in [2.75, 3.05) is 0 Å². The SMILES string of the molecule is O=C(c1cccc(C(=O)C(Br)Br)c1)C(Br)Br. The Bertz CT molecular complexity index is 380. The molecule has 0 aromatic heterocycles. The van der Waals surface area contributed by atoms with Gasteiger partial charge < -0.3 is 0 Å². The minimum atomic E-state index is -0.436. The summed E-state index contributed by atoms with van der Waals surface area (Å²) < 4.78 is -0.872. The van der Waals surface area contributed by atoms with Gasteiger partial charge in [0, 0.05) is 11.1 Å². The number of benzene rings is 1. The monoisotopic (exact) mass is 474 g/mol. The normalized spacial score (nSPS) is 10.9. The highest BCUT2D eigenvalue weighted by molar-refractivity contribution is 9.25. The molecule has 0 spiro atoms. The summed E-state index contributed by atoms with van der Waals surface area (Å²) in [5.74, 6) is -0.231. The first kappa shape index (κ1) is 14.5. The van der Waals surface area contributed by atoms with Crippen LogP contribution in [-0.2, 0) is 0 Å². The second-order valence-corrected chi connectivity index (χ2v) is 9.03. The highest BCUT2D eigenvalue weighted by Gasteiger charge is 2.17. The molecule has 86 valence electrons. The molecule has 0 saturated carbocycles. The fraction of sp³-hybridized carbons (Fsp3) is 0.200. The van der Waals surface area contributed by atoms with Crippen LogP contribution in [0.4, 0.5) is 0 Å². The van der Waals surface area contributed by atoms with Crippen LogP contribution in [-0.4, -0.2) is 19.0 Å². The first-order valence-electron chi connectivity index (χ1n) is 4.18. The van der Waals surface area contributed by atoms with E-state index in [0.717, 1.165) is 0 Å². The first-order chi connectivity index (χ1) is 7.43. The third kappa shape index (κ3) is 3.75. The van der Waals surface area contributed by atoms with Gasteiger partial charge in [0.1, 0.15) is 7.47 Å². The second-order valence-electron chi connectivity index (χ2n) is 2.91. The molecule has 1 rings (SSSR count). The Morgan fingerprint density at radius 1 is 0.875 bits per heavy atom. The molecule has 1 aromatic rings. The minimum absolute atomic E-state index is 0.115. The smallest absolute Gasteiger partial charge is 0.187 e. The van der Waals surface area contributed by atoms with Crippen LogP contribution in [0.25, 0.3) is 0 Å². The van der Waals surface area contributed by atoms with E-state index < -0.39 is 7.47 Å². The fourth-order valence-electron chi connectivity index (χ4n) is 1.08. The summed E-state index contributed by atoms with van der Waals surface area (Å²) in [5, 5.41) is 0. The van der Waals surface area contributed by atoms with Gasteiger partial charge in [-0.05, 0) is 6.07 Å². The first-order valence-corrected chi connectivity index (χ1v) is 7.84. The van der Waals surface area contributed by atoms with Crippen molar-refractivity contribution in [2.24, 2.45) is 0 Å². The summed E-state index contributed by atoms with van der Waals surface area (Å²) in [4.78, 5) is 23.3. The van der Waals surface area contributed by atoms with Gasteiger partial charge in [-0.25, -0.2) is 0 Å². The lowest BCUT2D eigenvalue weighted by Gasteiger charge is -2.05. The van der Waals surface area contributed by atoms with Crippen molar-refractivity contribution in [3.8, 4) is 0 Å². The van der Waals surface area contributed by atoms with E-state index in [9.17, 15) is 9.59 Å². The molecular weight excluding hydrogens is 472 g/mol. The third-order valence-electron chi connectivity index (χ3n) is 1.83. The Labute approximate surface area is 127 Å². The zero-order valence-electron chi connectivity index (χ0n) is 7.79. The fourth-order valence-corrected chi connectivity index (χ4v) is 2.14. The van der Waals surface area contributed by atoms with Crippen LogP contribution in [0.1, 0.15) is 20.7 Å². The summed E-state index contributed by atoms with van der Waals surface area (Å²) in [5.41, 5.74) is 0.982. The molecule has 0 saturated heterocycles. The van der Waals surface area contributed by atoms with Crippen molar-refractivity contribution < 1.29 is 9.59 Å². The number of hydrogen-bond donors (Lipinski definition) is 0. The average molecular weight is 478 g/mol. The van der Waals surface area contributed by atoms with Crippen LogP contribution >= 0.6 is 63.7 Å². The summed E-state index contributed by atoms with van der Waals surface area (Å²) in [6.07, 6.45) is 0. The maximum Gasteiger partial charge on any atom is 0.187 e. The largest absolute Gasteiger partial charge is 0.292 e. The summed E-state index contributed by atoms with van der Waals surface area (Å²) in [7, 11) is 0. The lowest BCUT2D eigenvalue weighted by atomic mass is 10.1. The molecule has 0 atom stereocenters. The van der Waals surface area contributed by atoms with E-state index in [-0.39, 0.29) is 11.6 Å². The number of hydrogen-bond acceptors (Lipinski definition) is 2. The summed E-state index contributed by atoms with van der Waals surface area (Å²) >= 11 is 12.5. The van der Waals surface area contributed by atoms with Crippen molar-refractivity contribution in [1.29, 1.82) is 0 Å². The Kier molecular flexibility index (Phi) is 5.84. The maximum atomic E-state index is 11.7. The molecule has 0 N–H and O–H groups in total. The predicted octanol–water partition coefficient (Wildman–Crippen LogP) is 4.28. The molecule has 0 bridgehead atoms. The molecule has 0 unspecified atom stereocenters. The number of halogens is 4. The Morgan fingerprint density at radius 2 is 1.25 bits per heavy atom. The summed E-state index contributed by atoms with van der Waals surface area (Å²) in [6.45, 7) is 0. The van der Waals surface area contributed by atoms with Crippen molar-refractivity contribution >= 4 is 75.3 Å². The topological polar surface area (TPSA) is 34.1 Å². The molecular formula is C10H6Br4O2. The molecule has 6 heteroatoms. The lowest BCUT2D eigenvalue weighted by Crippen LogP contribution is -2.11. The lowest BCUT2D eigenvalue weighted by molar-refractivity contribution is 0.101. The second kappa shape index (κ2) is 6.42. The zero-order valence-corrected chi connectivity index (χ0v) is 14.1. The molecule has 0 aliphatic rings. The van der Waals surface area contributed by atoms with Crippen molar-refractivity contribution in [3.05, 3.63) is 35.4 Å². The van der Waals surface area contributed by atoms with Crippen LogP contribution in [0.3, 0.4) is 0 Å². The van der Waals surface area contributed by atoms with Crippen LogP contribution in [0, 0.1) is 0 Å². The molecule has 16 heavy (non-hydrogen) atoms. The number of carbonyl (C=O) groups is 2. The van der Waals surface area contributed by atoms with E-state index in [2.05, 4.69) is 63.7 Å². The number of rotatable bonds is 4. The molecule has 2 nitrogen and oxygen atoms in total. The van der Waals surface area contributed by atoms with Crippen LogP contribution in [0.5, 0.6) is 0 Å². The number of ketones is 2. The Hall–Kier alpha value is 0.480. The number of carbonyl (C=O) groups excluding carboxylic acids is 2. The molecule has 0 aliphatic heterocycles. The van der Waals surface area contributed by atoms with E-state index in [1.54, 1.807) is 24.3 Å². The van der Waals surface area contributed by atoms with Gasteiger partial charge in [0.25, 0.3) is 0 Å². The van der Waals surface area contributed by atoms with E-state index in [1.807, 2.05) is 0 Å². The Morgan fingerprint density at radius 3 is 1.56 bits per heavy atom. The Balaban J connectivity index is 3.05. The van der Waals surface area contributed by atoms with Crippen molar-refractivity contribution in [3.63, 3.8) is 0 Å². The van der Waals surface area contributed by atoms with Crippen LogP contribution in [0.15, 0.2) is 24.3 Å². The third-order valence-corrected chi connectivity index (χ3v) is 3.49.